The molecule has 3 atom stereocenters. The van der Waals surface area contributed by atoms with E-state index >= 15 is 0 Å². The highest BCUT2D eigenvalue weighted by atomic mass is 35.5. The number of rotatable bonds is 13. The number of carboxylic acids is 1. The van der Waals surface area contributed by atoms with Crippen LogP contribution in [0.5, 0.6) is 28.7 Å². The number of ether oxygens (including phenoxy) is 4. The number of carboxylic acid groups (broad SMARTS) is 1. The Hall–Kier alpha value is -6.76. The Bertz CT molecular complexity index is 2750. The number of aromatic nitrogens is 1. The number of halogens is 2. The Labute approximate surface area is 386 Å². The number of aryl methyl sites for hydroxylation is 1. The fourth-order valence-corrected chi connectivity index (χ4v) is 8.55. The fraction of sp³-hybridized carbons (Fsp3) is 0.255. The molecule has 6 aromatic rings. The molecule has 5 aromatic carbocycles. The van der Waals surface area contributed by atoms with Crippen LogP contribution in [0.3, 0.4) is 0 Å². The summed E-state index contributed by atoms with van der Waals surface area (Å²) in [6, 6.07) is 32.6. The van der Waals surface area contributed by atoms with E-state index in [0.29, 0.717) is 51.0 Å². The van der Waals surface area contributed by atoms with E-state index in [-0.39, 0.29) is 26.0 Å². The van der Waals surface area contributed by atoms with Gasteiger partial charge in [0.25, 0.3) is 0 Å². The second-order valence-electron chi connectivity index (χ2n) is 16.7. The number of amides is 3. The molecule has 65 heavy (non-hydrogen) atoms. The van der Waals surface area contributed by atoms with Gasteiger partial charge >= 0.3 is 12.0 Å². The van der Waals surface area contributed by atoms with Crippen molar-refractivity contribution in [2.24, 2.45) is 0 Å². The Balaban J connectivity index is 0.912. The summed E-state index contributed by atoms with van der Waals surface area (Å²) in [6.45, 7) is 4.48. The Morgan fingerprint density at radius 2 is 1.58 bits per heavy atom. The molecule has 0 radical (unpaired) electrons. The van der Waals surface area contributed by atoms with Gasteiger partial charge in [-0.25, -0.2) is 9.59 Å². The van der Waals surface area contributed by atoms with Crippen LogP contribution in [-0.2, 0) is 41.1 Å². The number of urea groups is 1. The van der Waals surface area contributed by atoms with Crippen molar-refractivity contribution in [2.45, 2.75) is 76.4 Å². The van der Waals surface area contributed by atoms with Gasteiger partial charge in [0.1, 0.15) is 42.5 Å². The van der Waals surface area contributed by atoms with Crippen LogP contribution in [0.2, 0.25) is 10.0 Å². The molecule has 3 amide bonds. The van der Waals surface area contributed by atoms with Gasteiger partial charge in [0.2, 0.25) is 5.91 Å². The van der Waals surface area contributed by atoms with Gasteiger partial charge in [-0.1, -0.05) is 83.9 Å². The molecule has 0 saturated heterocycles. The van der Waals surface area contributed by atoms with Crippen molar-refractivity contribution in [3.8, 4) is 28.7 Å². The summed E-state index contributed by atoms with van der Waals surface area (Å²) < 4.78 is 24.8. The molecule has 0 bridgehead atoms. The van der Waals surface area contributed by atoms with Gasteiger partial charge < -0.3 is 39.6 Å². The van der Waals surface area contributed by atoms with Crippen molar-refractivity contribution in [1.82, 2.24) is 20.5 Å². The zero-order valence-electron chi connectivity index (χ0n) is 35.7. The number of carbonyl (C=O) groups is 3. The number of fused-ring (bicyclic) bond motifs is 2. The number of nitrogens with one attached hydrogen (secondary N) is 2. The maximum Gasteiger partial charge on any atom is 0.326 e. The zero-order chi connectivity index (χ0) is 45.2. The minimum absolute atomic E-state index is 0.00963. The van der Waals surface area contributed by atoms with Gasteiger partial charge in [-0.05, 0) is 115 Å². The van der Waals surface area contributed by atoms with Crippen molar-refractivity contribution < 1.29 is 38.4 Å². The predicted molar refractivity (Wildman–Crippen MR) is 245 cm³/mol. The largest absolute Gasteiger partial charge is 0.489 e. The lowest BCUT2D eigenvalue weighted by Gasteiger charge is -2.38. The molecular formula is C51H46Cl2N4O8. The van der Waals surface area contributed by atoms with Gasteiger partial charge in [-0.2, -0.15) is 0 Å². The highest BCUT2D eigenvalue weighted by Crippen LogP contribution is 2.46. The Kier molecular flexibility index (Phi) is 12.3. The summed E-state index contributed by atoms with van der Waals surface area (Å²) in [4.78, 5) is 47.2. The minimum atomic E-state index is -1.27. The Morgan fingerprint density at radius 1 is 0.862 bits per heavy atom. The van der Waals surface area contributed by atoms with Crippen molar-refractivity contribution in [2.75, 3.05) is 6.61 Å². The van der Waals surface area contributed by atoms with Crippen LogP contribution >= 0.6 is 23.2 Å². The minimum Gasteiger partial charge on any atom is -0.489 e. The molecule has 0 spiro atoms. The van der Waals surface area contributed by atoms with Crippen LogP contribution in [0.25, 0.3) is 0 Å². The van der Waals surface area contributed by atoms with Gasteiger partial charge in [0.05, 0.1) is 15.6 Å². The summed E-state index contributed by atoms with van der Waals surface area (Å²) >= 11 is 12.2. The topological polar surface area (TPSA) is 149 Å². The quantitative estimate of drug-likeness (QED) is 0.103. The van der Waals surface area contributed by atoms with Crippen LogP contribution < -0.4 is 29.6 Å². The van der Waals surface area contributed by atoms with Crippen LogP contribution in [0, 0.1) is 13.8 Å². The number of hydrogen-bond donors (Lipinski definition) is 3. The second kappa shape index (κ2) is 18.4. The monoisotopic (exact) mass is 912 g/mol. The highest BCUT2D eigenvalue weighted by molar-refractivity contribution is 6.42. The highest BCUT2D eigenvalue weighted by Gasteiger charge is 2.48. The van der Waals surface area contributed by atoms with Crippen molar-refractivity contribution >= 4 is 41.1 Å². The number of benzene rings is 5. The molecular weight excluding hydrogens is 867 g/mol. The average molecular weight is 914 g/mol. The fourth-order valence-electron chi connectivity index (χ4n) is 8.23. The third-order valence-corrected chi connectivity index (χ3v) is 13.0. The lowest BCUT2D eigenvalue weighted by molar-refractivity contribution is -0.142. The molecule has 14 heteroatoms. The third-order valence-electron chi connectivity index (χ3n) is 12.3. The predicted octanol–water partition coefficient (Wildman–Crippen LogP) is 9.83. The first kappa shape index (κ1) is 43.5. The van der Waals surface area contributed by atoms with Crippen molar-refractivity contribution in [1.29, 1.82) is 0 Å². The molecule has 3 aliphatic rings. The van der Waals surface area contributed by atoms with Crippen LogP contribution in [-0.4, -0.2) is 51.6 Å². The number of aliphatic carboxylic acids is 1. The maximum absolute atomic E-state index is 14.4. The number of hydrogen-bond acceptors (Lipinski definition) is 8. The first-order valence-electron chi connectivity index (χ1n) is 21.4. The van der Waals surface area contributed by atoms with E-state index in [9.17, 15) is 19.5 Å². The SMILES string of the molecule is Cc1nccc(Oc2ccc(C[C@H](NC(=O)C3Cc4cc5c(cc4CN3C(=O)NC3(c4ccccc4)CC3)O[C@@H](c3ccc(OCc4ccc(Cl)c(Cl)c4)cc3)CO5)C(=O)O)cc2)c1C. The lowest BCUT2D eigenvalue weighted by Crippen LogP contribution is -2.58. The van der Waals surface area contributed by atoms with E-state index < -0.39 is 41.6 Å². The normalized spacial score (nSPS) is 17.3. The molecule has 332 valence electrons. The van der Waals surface area contributed by atoms with E-state index in [1.807, 2.05) is 86.6 Å². The molecule has 3 heterocycles. The summed E-state index contributed by atoms with van der Waals surface area (Å²) in [5, 5.41) is 17.3. The van der Waals surface area contributed by atoms with E-state index in [1.165, 1.54) is 4.90 Å². The van der Waals surface area contributed by atoms with Crippen molar-refractivity contribution in [3.63, 3.8) is 0 Å². The third kappa shape index (κ3) is 9.69. The molecule has 1 aromatic heterocycles. The van der Waals surface area contributed by atoms with Gasteiger partial charge in [0, 0.05) is 36.8 Å². The van der Waals surface area contributed by atoms with Crippen molar-refractivity contribution in [3.05, 3.63) is 176 Å². The van der Waals surface area contributed by atoms with Gasteiger partial charge in [-0.15, -0.1) is 0 Å². The van der Waals surface area contributed by atoms with E-state index in [4.69, 9.17) is 42.1 Å². The number of carbonyl (C=O) groups excluding carboxylic acids is 2. The summed E-state index contributed by atoms with van der Waals surface area (Å²) in [6.07, 6.45) is 2.90. The van der Waals surface area contributed by atoms with E-state index in [1.54, 1.807) is 48.7 Å². The van der Waals surface area contributed by atoms with Gasteiger partial charge in [0.15, 0.2) is 17.6 Å². The summed E-state index contributed by atoms with van der Waals surface area (Å²) in [5.41, 5.74) is 6.25. The first-order chi connectivity index (χ1) is 31.4. The molecule has 12 nitrogen and oxygen atoms in total. The molecule has 3 N–H and O–H groups in total. The second-order valence-corrected chi connectivity index (χ2v) is 17.5. The smallest absolute Gasteiger partial charge is 0.326 e. The standard InChI is InChI=1S/C51H46Cl2N4O8/c1-30-31(2)54-21-18-44(30)64-39-13-8-32(9-14-39)23-42(49(59)60)55-48(58)43-24-35-25-45-46(26-36(35)27-57(43)50(61)56-51(19-20-51)37-6-4-3-5-7-37)65-47(29-63-45)34-11-15-38(16-12-34)62-28-33-10-17-40(52)41(53)22-33/h3-18,21-22,25-26,42-43,47H,19-20,23-24,27-29H2,1-2H3,(H,55,58)(H,56,61)(H,59,60)/t42-,43?,47+/m0/s1. The maximum atomic E-state index is 14.4. The molecule has 9 rings (SSSR count). The van der Waals surface area contributed by atoms with Gasteiger partial charge in [-0.3, -0.25) is 9.78 Å². The molecule has 1 unspecified atom stereocenters. The lowest BCUT2D eigenvalue weighted by atomic mass is 9.92. The molecule has 1 aliphatic carbocycles. The molecule has 1 fully saturated rings. The zero-order valence-corrected chi connectivity index (χ0v) is 37.2. The molecule has 2 aliphatic heterocycles. The van der Waals surface area contributed by atoms with Crippen LogP contribution in [0.4, 0.5) is 4.79 Å². The average Bonchev–Trinajstić information content (AvgIpc) is 4.10. The number of nitrogens with zero attached hydrogens (tertiary/aromatic N) is 2. The number of pyridine rings is 1. The summed E-state index contributed by atoms with van der Waals surface area (Å²) in [7, 11) is 0. The van der Waals surface area contributed by atoms with Crippen LogP contribution in [0.15, 0.2) is 121 Å². The van der Waals surface area contributed by atoms with Crippen LogP contribution in [0.1, 0.15) is 63.6 Å². The first-order valence-corrected chi connectivity index (χ1v) is 22.2. The van der Waals surface area contributed by atoms with E-state index in [2.05, 4.69) is 15.6 Å². The Morgan fingerprint density at radius 3 is 2.31 bits per heavy atom. The molecule has 1 saturated carbocycles. The van der Waals surface area contributed by atoms with E-state index in [0.717, 1.165) is 51.9 Å². The summed E-state index contributed by atoms with van der Waals surface area (Å²) in [5.74, 6) is 1.18.